The summed E-state index contributed by atoms with van der Waals surface area (Å²) >= 11 is 0. The number of allylic oxidation sites excluding steroid dienone is 1. The Morgan fingerprint density at radius 3 is 2.65 bits per heavy atom. The van der Waals surface area contributed by atoms with Crippen LogP contribution in [-0.2, 0) is 13.0 Å². The fourth-order valence-electron chi connectivity index (χ4n) is 4.04. The maximum Gasteiger partial charge on any atom is 0.232 e. The van der Waals surface area contributed by atoms with Crippen molar-refractivity contribution < 1.29 is 23.1 Å². The average Bonchev–Trinajstić information content (AvgIpc) is 3.31. The molecule has 5 rings (SSSR count). The van der Waals surface area contributed by atoms with E-state index in [9.17, 15) is 9.18 Å². The molecule has 0 amide bonds. The van der Waals surface area contributed by atoms with E-state index < -0.39 is 0 Å². The summed E-state index contributed by atoms with van der Waals surface area (Å²) in [6.45, 7) is 5.67. The number of nitrogens with zero attached hydrogens (tertiary/aromatic N) is 1. The fraction of sp³-hybridized carbons (Fsp3) is 0.240. The standard InChI is InChI=1S/C25H22FNO4/c1-15-3-8-20(30-15)12-22-23(28)21-11-18-13-27(10-9-17-4-6-19(26)7-5-17)14-29-24(18)16(2)25(21)31-22/h3-8,11-12H,9-10,13-14H2,1-2H3/b22-12-. The lowest BCUT2D eigenvalue weighted by molar-refractivity contribution is 0.0954. The van der Waals surface area contributed by atoms with Gasteiger partial charge in [0.1, 0.15) is 35.6 Å². The van der Waals surface area contributed by atoms with E-state index in [0.717, 1.165) is 41.2 Å². The number of hydrogen-bond acceptors (Lipinski definition) is 5. The highest BCUT2D eigenvalue weighted by Crippen LogP contribution is 2.43. The lowest BCUT2D eigenvalue weighted by Gasteiger charge is -2.30. The Morgan fingerprint density at radius 1 is 1.10 bits per heavy atom. The number of rotatable bonds is 4. The van der Waals surface area contributed by atoms with Crippen LogP contribution in [-0.4, -0.2) is 24.0 Å². The molecule has 3 heterocycles. The van der Waals surface area contributed by atoms with Crippen molar-refractivity contribution in [3.8, 4) is 11.5 Å². The SMILES string of the molecule is Cc1ccc(/C=C2\Oc3c(cc4c(c3C)OCN(CCc3ccc(F)cc3)C4)C2=O)o1. The predicted molar refractivity (Wildman–Crippen MR) is 114 cm³/mol. The zero-order valence-electron chi connectivity index (χ0n) is 17.4. The molecule has 31 heavy (non-hydrogen) atoms. The van der Waals surface area contributed by atoms with Crippen molar-refractivity contribution in [2.45, 2.75) is 26.8 Å². The first-order chi connectivity index (χ1) is 15.0. The van der Waals surface area contributed by atoms with Crippen LogP contribution in [0.5, 0.6) is 11.5 Å². The second kappa shape index (κ2) is 7.71. The van der Waals surface area contributed by atoms with Gasteiger partial charge >= 0.3 is 0 Å². The maximum absolute atomic E-state index is 13.1. The number of Topliss-reactive ketones (excluding diaryl/α,β-unsaturated/α-hetero) is 1. The van der Waals surface area contributed by atoms with Gasteiger partial charge in [0.2, 0.25) is 5.78 Å². The number of hydrogen-bond donors (Lipinski definition) is 0. The zero-order valence-corrected chi connectivity index (χ0v) is 17.4. The van der Waals surface area contributed by atoms with E-state index in [2.05, 4.69) is 4.90 Å². The van der Waals surface area contributed by atoms with Crippen molar-refractivity contribution in [3.63, 3.8) is 0 Å². The van der Waals surface area contributed by atoms with Gasteiger partial charge in [-0.15, -0.1) is 0 Å². The Morgan fingerprint density at radius 2 is 1.90 bits per heavy atom. The fourth-order valence-corrected chi connectivity index (χ4v) is 4.04. The molecule has 158 valence electrons. The lowest BCUT2D eigenvalue weighted by atomic mass is 10.00. The largest absolute Gasteiger partial charge is 0.477 e. The van der Waals surface area contributed by atoms with Crippen LogP contribution in [0.4, 0.5) is 4.39 Å². The number of halogens is 1. The molecule has 2 aliphatic heterocycles. The normalized spacial score (nSPS) is 16.7. The molecule has 0 aliphatic carbocycles. The van der Waals surface area contributed by atoms with Crippen LogP contribution in [0.25, 0.3) is 6.08 Å². The summed E-state index contributed by atoms with van der Waals surface area (Å²) in [5, 5.41) is 0. The van der Waals surface area contributed by atoms with Gasteiger partial charge in [-0.25, -0.2) is 4.39 Å². The number of ether oxygens (including phenoxy) is 2. The number of carbonyl (C=O) groups is 1. The average molecular weight is 419 g/mol. The summed E-state index contributed by atoms with van der Waals surface area (Å²) in [6.07, 6.45) is 2.42. The highest BCUT2D eigenvalue weighted by molar-refractivity contribution is 6.15. The number of benzene rings is 2. The molecule has 2 aliphatic rings. The molecule has 3 aromatic rings. The van der Waals surface area contributed by atoms with Gasteiger partial charge in [-0.05, 0) is 56.2 Å². The summed E-state index contributed by atoms with van der Waals surface area (Å²) in [4.78, 5) is 15.1. The van der Waals surface area contributed by atoms with Gasteiger partial charge in [-0.2, -0.15) is 0 Å². The summed E-state index contributed by atoms with van der Waals surface area (Å²) < 4.78 is 30.6. The Hall–Kier alpha value is -3.38. The van der Waals surface area contributed by atoms with Crippen LogP contribution in [0.1, 0.15) is 38.6 Å². The molecule has 0 atom stereocenters. The minimum absolute atomic E-state index is 0.154. The molecule has 0 N–H and O–H groups in total. The van der Waals surface area contributed by atoms with Crippen molar-refractivity contribution in [2.24, 2.45) is 0 Å². The third-order valence-electron chi connectivity index (χ3n) is 5.67. The molecular formula is C25H22FNO4. The number of carbonyl (C=O) groups excluding carboxylic acids is 1. The molecule has 0 radical (unpaired) electrons. The number of ketones is 1. The second-order valence-electron chi connectivity index (χ2n) is 7.96. The molecule has 0 fully saturated rings. The third-order valence-corrected chi connectivity index (χ3v) is 5.67. The predicted octanol–water partition coefficient (Wildman–Crippen LogP) is 5.05. The number of furan rings is 1. The molecule has 0 bridgehead atoms. The van der Waals surface area contributed by atoms with Gasteiger partial charge in [0.15, 0.2) is 5.76 Å². The summed E-state index contributed by atoms with van der Waals surface area (Å²) in [5.74, 6) is 2.56. The summed E-state index contributed by atoms with van der Waals surface area (Å²) in [5.41, 5.74) is 3.42. The van der Waals surface area contributed by atoms with E-state index in [-0.39, 0.29) is 17.4 Å². The number of aryl methyl sites for hydroxylation is 1. The van der Waals surface area contributed by atoms with E-state index in [0.29, 0.717) is 30.3 Å². The minimum atomic E-state index is -0.231. The molecule has 2 aromatic carbocycles. The molecule has 5 nitrogen and oxygen atoms in total. The lowest BCUT2D eigenvalue weighted by Crippen LogP contribution is -2.34. The summed E-state index contributed by atoms with van der Waals surface area (Å²) in [7, 11) is 0. The number of fused-ring (bicyclic) bond motifs is 2. The van der Waals surface area contributed by atoms with E-state index in [1.165, 1.54) is 12.1 Å². The van der Waals surface area contributed by atoms with Crippen LogP contribution < -0.4 is 9.47 Å². The van der Waals surface area contributed by atoms with Crippen molar-refractivity contribution in [1.82, 2.24) is 4.90 Å². The molecule has 1 aromatic heterocycles. The van der Waals surface area contributed by atoms with E-state index in [1.54, 1.807) is 18.2 Å². The molecule has 0 unspecified atom stereocenters. The van der Waals surface area contributed by atoms with Crippen LogP contribution in [0.15, 0.2) is 52.6 Å². The first-order valence-electron chi connectivity index (χ1n) is 10.2. The van der Waals surface area contributed by atoms with Gasteiger partial charge in [0, 0.05) is 30.3 Å². The summed E-state index contributed by atoms with van der Waals surface area (Å²) in [6, 6.07) is 12.1. The first kappa shape index (κ1) is 19.6. The van der Waals surface area contributed by atoms with Crippen molar-refractivity contribution in [2.75, 3.05) is 13.3 Å². The van der Waals surface area contributed by atoms with Crippen molar-refractivity contribution >= 4 is 11.9 Å². The molecular weight excluding hydrogens is 397 g/mol. The molecule has 0 spiro atoms. The first-order valence-corrected chi connectivity index (χ1v) is 10.2. The molecule has 6 heteroatoms. The van der Waals surface area contributed by atoms with Crippen LogP contribution in [0.3, 0.4) is 0 Å². The van der Waals surface area contributed by atoms with Gasteiger partial charge in [-0.3, -0.25) is 9.69 Å². The van der Waals surface area contributed by atoms with E-state index in [4.69, 9.17) is 13.9 Å². The smallest absolute Gasteiger partial charge is 0.232 e. The van der Waals surface area contributed by atoms with E-state index >= 15 is 0 Å². The zero-order chi connectivity index (χ0) is 21.5. The van der Waals surface area contributed by atoms with Crippen molar-refractivity contribution in [3.05, 3.63) is 87.8 Å². The Kier molecular flexibility index (Phi) is 4.87. The highest BCUT2D eigenvalue weighted by Gasteiger charge is 2.33. The Bertz CT molecular complexity index is 1190. The molecule has 0 saturated carbocycles. The Labute approximate surface area is 179 Å². The van der Waals surface area contributed by atoms with Crippen LogP contribution in [0.2, 0.25) is 0 Å². The molecule has 0 saturated heterocycles. The second-order valence-corrected chi connectivity index (χ2v) is 7.96. The van der Waals surface area contributed by atoms with Crippen LogP contribution >= 0.6 is 0 Å². The highest BCUT2D eigenvalue weighted by atomic mass is 19.1. The van der Waals surface area contributed by atoms with Crippen LogP contribution in [0, 0.1) is 19.7 Å². The maximum atomic E-state index is 13.1. The third kappa shape index (κ3) is 3.75. The van der Waals surface area contributed by atoms with Gasteiger partial charge in [0.25, 0.3) is 0 Å². The monoisotopic (exact) mass is 419 g/mol. The van der Waals surface area contributed by atoms with Gasteiger partial charge in [0.05, 0.1) is 5.56 Å². The minimum Gasteiger partial charge on any atom is -0.477 e. The van der Waals surface area contributed by atoms with E-state index in [1.807, 2.05) is 32.0 Å². The van der Waals surface area contributed by atoms with Gasteiger partial charge in [-0.1, -0.05) is 12.1 Å². The topological polar surface area (TPSA) is 51.9 Å². The van der Waals surface area contributed by atoms with Gasteiger partial charge < -0.3 is 13.9 Å². The quantitative estimate of drug-likeness (QED) is 0.554. The Balaban J connectivity index is 1.35. The van der Waals surface area contributed by atoms with Crippen molar-refractivity contribution in [1.29, 1.82) is 0 Å².